The average Bonchev–Trinajstić information content (AvgIpc) is 2.77. The lowest BCUT2D eigenvalue weighted by atomic mass is 9.72. The van der Waals surface area contributed by atoms with Crippen LogP contribution in [0.1, 0.15) is 36.8 Å². The molecular weight excluding hydrogens is 377 g/mol. The van der Waals surface area contributed by atoms with E-state index in [4.69, 9.17) is 0 Å². The highest BCUT2D eigenvalue weighted by Gasteiger charge is 2.43. The van der Waals surface area contributed by atoms with Gasteiger partial charge in [0.2, 0.25) is 5.91 Å². The van der Waals surface area contributed by atoms with Crippen LogP contribution in [0.4, 0.5) is 4.39 Å². The third-order valence-electron chi connectivity index (χ3n) is 6.79. The number of benzene rings is 2. The van der Waals surface area contributed by atoms with Crippen molar-refractivity contribution in [2.75, 3.05) is 33.2 Å². The average molecular weight is 410 g/mol. The highest BCUT2D eigenvalue weighted by Crippen LogP contribution is 2.36. The minimum absolute atomic E-state index is 0.110. The van der Waals surface area contributed by atoms with Crippen molar-refractivity contribution < 1.29 is 9.18 Å². The van der Waals surface area contributed by atoms with Gasteiger partial charge in [0.25, 0.3) is 0 Å². The third kappa shape index (κ3) is 4.57. The quantitative estimate of drug-likeness (QED) is 0.820. The van der Waals surface area contributed by atoms with E-state index >= 15 is 0 Å². The molecule has 1 amide bonds. The Labute approximate surface area is 179 Å². The van der Waals surface area contributed by atoms with E-state index in [2.05, 4.69) is 34.3 Å². The predicted octanol–water partition coefficient (Wildman–Crippen LogP) is 3.57. The Morgan fingerprint density at radius 3 is 2.50 bits per heavy atom. The lowest BCUT2D eigenvalue weighted by Gasteiger charge is -2.42. The molecule has 2 aliphatic heterocycles. The molecule has 30 heavy (non-hydrogen) atoms. The van der Waals surface area contributed by atoms with E-state index in [1.54, 1.807) is 6.07 Å². The number of rotatable bonds is 5. The van der Waals surface area contributed by atoms with Crippen LogP contribution in [-0.4, -0.2) is 55.0 Å². The summed E-state index contributed by atoms with van der Waals surface area (Å²) in [5.41, 5.74) is 1.39. The molecule has 160 valence electrons. The maximum Gasteiger partial charge on any atom is 0.231 e. The van der Waals surface area contributed by atoms with E-state index in [1.165, 1.54) is 6.07 Å². The first-order chi connectivity index (χ1) is 14.6. The van der Waals surface area contributed by atoms with Gasteiger partial charge in [-0.15, -0.1) is 0 Å². The smallest absolute Gasteiger partial charge is 0.231 e. The zero-order chi connectivity index (χ0) is 21.0. The Hall–Kier alpha value is -2.24. The Morgan fingerprint density at radius 1 is 1.07 bits per heavy atom. The maximum absolute atomic E-state index is 14.1. The van der Waals surface area contributed by atoms with Crippen molar-refractivity contribution in [3.63, 3.8) is 0 Å². The van der Waals surface area contributed by atoms with Gasteiger partial charge >= 0.3 is 0 Å². The third-order valence-corrected chi connectivity index (χ3v) is 6.79. The molecule has 0 spiro atoms. The van der Waals surface area contributed by atoms with E-state index in [-0.39, 0.29) is 17.8 Å². The van der Waals surface area contributed by atoms with Gasteiger partial charge in [0.15, 0.2) is 0 Å². The molecule has 0 unspecified atom stereocenters. The fourth-order valence-electron chi connectivity index (χ4n) is 4.91. The molecule has 0 aromatic heterocycles. The molecule has 4 rings (SSSR count). The Balaban J connectivity index is 1.45. The minimum Gasteiger partial charge on any atom is -0.351 e. The topological polar surface area (TPSA) is 35.6 Å². The van der Waals surface area contributed by atoms with Gasteiger partial charge in [0, 0.05) is 24.7 Å². The van der Waals surface area contributed by atoms with Crippen LogP contribution in [-0.2, 0) is 16.8 Å². The van der Waals surface area contributed by atoms with Gasteiger partial charge in [0.05, 0.1) is 5.41 Å². The van der Waals surface area contributed by atoms with Crippen LogP contribution < -0.4 is 5.32 Å². The minimum atomic E-state index is -0.457. The lowest BCUT2D eigenvalue weighted by molar-refractivity contribution is -0.129. The van der Waals surface area contributed by atoms with Gasteiger partial charge in [-0.25, -0.2) is 4.39 Å². The summed E-state index contributed by atoms with van der Waals surface area (Å²) in [6, 6.07) is 17.3. The molecule has 2 aliphatic rings. The molecular formula is C25H32FN3O. The van der Waals surface area contributed by atoms with Gasteiger partial charge in [-0.2, -0.15) is 0 Å². The first-order valence-corrected chi connectivity index (χ1v) is 11.1. The number of carbonyl (C=O) groups excluding carboxylic acids is 1. The molecule has 4 nitrogen and oxygen atoms in total. The van der Waals surface area contributed by atoms with Gasteiger partial charge < -0.3 is 10.2 Å². The molecule has 5 heteroatoms. The zero-order valence-corrected chi connectivity index (χ0v) is 17.8. The molecule has 2 aromatic carbocycles. The fraction of sp³-hybridized carbons (Fsp3) is 0.480. The molecule has 0 aliphatic carbocycles. The molecule has 2 saturated heterocycles. The summed E-state index contributed by atoms with van der Waals surface area (Å²) in [5, 5.41) is 3.38. The van der Waals surface area contributed by atoms with Crippen molar-refractivity contribution in [2.45, 2.75) is 43.7 Å². The molecule has 2 fully saturated rings. The summed E-state index contributed by atoms with van der Waals surface area (Å²) in [4.78, 5) is 18.2. The standard InChI is InChI=1S/C25H32FN3O/c1-28-16-13-25(14-17-28,21-9-3-2-4-10-21)24(30)27-22-11-7-15-29(19-22)18-20-8-5-6-12-23(20)26/h2-6,8-10,12,22H,7,11,13-19H2,1H3,(H,27,30)/t22-/m1/s1. The number of hydrogen-bond donors (Lipinski definition) is 1. The van der Waals surface area contributed by atoms with Crippen LogP contribution in [0.25, 0.3) is 0 Å². The molecule has 1 atom stereocenters. The second-order valence-corrected chi connectivity index (χ2v) is 8.89. The fourth-order valence-corrected chi connectivity index (χ4v) is 4.91. The van der Waals surface area contributed by atoms with Crippen LogP contribution in [0.15, 0.2) is 54.6 Å². The van der Waals surface area contributed by atoms with E-state index in [9.17, 15) is 9.18 Å². The largest absolute Gasteiger partial charge is 0.351 e. The van der Waals surface area contributed by atoms with Crippen LogP contribution in [0.5, 0.6) is 0 Å². The van der Waals surface area contributed by atoms with Crippen LogP contribution in [0, 0.1) is 5.82 Å². The summed E-state index contributed by atoms with van der Waals surface area (Å²) < 4.78 is 14.1. The van der Waals surface area contributed by atoms with E-state index in [0.717, 1.165) is 63.0 Å². The van der Waals surface area contributed by atoms with Crippen molar-refractivity contribution in [1.82, 2.24) is 15.1 Å². The summed E-state index contributed by atoms with van der Waals surface area (Å²) in [5.74, 6) is -0.00226. The van der Waals surface area contributed by atoms with Crippen LogP contribution in [0.2, 0.25) is 0 Å². The summed E-state index contributed by atoms with van der Waals surface area (Å²) in [7, 11) is 2.12. The van der Waals surface area contributed by atoms with Crippen molar-refractivity contribution in [3.05, 3.63) is 71.5 Å². The maximum atomic E-state index is 14.1. The number of hydrogen-bond acceptors (Lipinski definition) is 3. The number of piperidine rings is 2. The zero-order valence-electron chi connectivity index (χ0n) is 17.8. The molecule has 0 bridgehead atoms. The van der Waals surface area contributed by atoms with Crippen molar-refractivity contribution in [2.24, 2.45) is 0 Å². The Kier molecular flexibility index (Phi) is 6.49. The van der Waals surface area contributed by atoms with Gasteiger partial charge in [-0.3, -0.25) is 9.69 Å². The monoisotopic (exact) mass is 409 g/mol. The van der Waals surface area contributed by atoms with Crippen molar-refractivity contribution in [3.8, 4) is 0 Å². The first-order valence-electron chi connectivity index (χ1n) is 11.1. The molecule has 2 aromatic rings. The predicted molar refractivity (Wildman–Crippen MR) is 118 cm³/mol. The second-order valence-electron chi connectivity index (χ2n) is 8.89. The molecule has 2 heterocycles. The second kappa shape index (κ2) is 9.27. The van der Waals surface area contributed by atoms with Crippen molar-refractivity contribution >= 4 is 5.91 Å². The molecule has 1 N–H and O–H groups in total. The lowest BCUT2D eigenvalue weighted by Crippen LogP contribution is -2.56. The SMILES string of the molecule is CN1CCC(C(=O)N[C@@H]2CCCN(Cc3ccccc3F)C2)(c2ccccc2)CC1. The first kappa shape index (κ1) is 21.0. The van der Waals surface area contributed by atoms with Gasteiger partial charge in [0.1, 0.15) is 5.82 Å². The molecule has 0 saturated carbocycles. The van der Waals surface area contributed by atoms with E-state index in [0.29, 0.717) is 6.54 Å². The van der Waals surface area contributed by atoms with E-state index in [1.807, 2.05) is 30.3 Å². The van der Waals surface area contributed by atoms with Gasteiger partial charge in [-0.05, 0) is 64.0 Å². The summed E-state index contributed by atoms with van der Waals surface area (Å²) >= 11 is 0. The normalized spacial score (nSPS) is 22.5. The van der Waals surface area contributed by atoms with E-state index < -0.39 is 5.41 Å². The number of likely N-dealkylation sites (tertiary alicyclic amines) is 2. The highest BCUT2D eigenvalue weighted by atomic mass is 19.1. The van der Waals surface area contributed by atoms with Crippen LogP contribution in [0.3, 0.4) is 0 Å². The van der Waals surface area contributed by atoms with Gasteiger partial charge in [-0.1, -0.05) is 48.5 Å². The Morgan fingerprint density at radius 2 is 1.77 bits per heavy atom. The summed E-state index contributed by atoms with van der Waals surface area (Å²) in [6.07, 6.45) is 3.67. The number of amides is 1. The highest BCUT2D eigenvalue weighted by molar-refractivity contribution is 5.88. The van der Waals surface area contributed by atoms with Crippen molar-refractivity contribution in [1.29, 1.82) is 0 Å². The summed E-state index contributed by atoms with van der Waals surface area (Å²) in [6.45, 7) is 4.15. The number of halogens is 1. The number of nitrogens with zero attached hydrogens (tertiary/aromatic N) is 2. The van der Waals surface area contributed by atoms with Crippen LogP contribution >= 0.6 is 0 Å². The number of carbonyl (C=O) groups is 1. The number of nitrogens with one attached hydrogen (secondary N) is 1. The Bertz CT molecular complexity index is 848. The molecule has 0 radical (unpaired) electrons.